The summed E-state index contributed by atoms with van der Waals surface area (Å²) >= 11 is 0. The summed E-state index contributed by atoms with van der Waals surface area (Å²) in [6.07, 6.45) is 3.05. The van der Waals surface area contributed by atoms with E-state index < -0.39 is 5.92 Å². The highest BCUT2D eigenvalue weighted by Crippen LogP contribution is 2.42. The van der Waals surface area contributed by atoms with Gasteiger partial charge in [0.25, 0.3) is 0 Å². The normalized spacial score (nSPS) is 17.4. The van der Waals surface area contributed by atoms with E-state index in [1.54, 1.807) is 17.0 Å². The van der Waals surface area contributed by atoms with Crippen LogP contribution in [-0.2, 0) is 9.59 Å². The number of nitrogens with one attached hydrogen (secondary N) is 1. The first-order valence-electron chi connectivity index (χ1n) is 9.59. The number of carbonyl (C=O) groups excluding carboxylic acids is 2. The number of methoxy groups -OCH3 is 3. The number of ether oxygens (including phenoxy) is 3. The fourth-order valence-corrected chi connectivity index (χ4v) is 3.37. The van der Waals surface area contributed by atoms with Crippen LogP contribution in [0.2, 0.25) is 0 Å². The number of rotatable bonds is 10. The number of carbonyl (C=O) groups is 2. The predicted octanol–water partition coefficient (Wildman–Crippen LogP) is 1.70. The van der Waals surface area contributed by atoms with Crippen molar-refractivity contribution in [1.29, 1.82) is 0 Å². The molecular formula is C20H31N3O5. The van der Waals surface area contributed by atoms with Gasteiger partial charge in [0.1, 0.15) is 0 Å². The van der Waals surface area contributed by atoms with E-state index in [1.807, 2.05) is 0 Å². The quantitative estimate of drug-likeness (QED) is 0.627. The highest BCUT2D eigenvalue weighted by atomic mass is 16.5. The molecule has 1 aromatic carbocycles. The fraction of sp³-hybridized carbons (Fsp3) is 0.600. The highest BCUT2D eigenvalue weighted by Gasteiger charge is 2.36. The van der Waals surface area contributed by atoms with Gasteiger partial charge in [0.15, 0.2) is 11.5 Å². The molecule has 0 aromatic heterocycles. The van der Waals surface area contributed by atoms with Gasteiger partial charge in [-0.25, -0.2) is 0 Å². The molecule has 1 saturated heterocycles. The standard InChI is InChI=1S/C20H31N3O5/c1-5-6-7-14(11-21)22-20(25)13-8-18(24)23(12-13)15-9-16(26-2)19(28-4)17(10-15)27-3/h9-10,13-14H,5-8,11-12,21H2,1-4H3,(H,22,25). The van der Waals surface area contributed by atoms with E-state index in [9.17, 15) is 9.59 Å². The van der Waals surface area contributed by atoms with Gasteiger partial charge in [0.2, 0.25) is 17.6 Å². The van der Waals surface area contributed by atoms with Crippen LogP contribution in [0.4, 0.5) is 5.69 Å². The Balaban J connectivity index is 2.15. The van der Waals surface area contributed by atoms with Gasteiger partial charge in [-0.1, -0.05) is 19.8 Å². The summed E-state index contributed by atoms with van der Waals surface area (Å²) in [4.78, 5) is 26.8. The van der Waals surface area contributed by atoms with E-state index in [4.69, 9.17) is 19.9 Å². The Morgan fingerprint density at radius 2 is 1.89 bits per heavy atom. The molecule has 0 bridgehead atoms. The third kappa shape index (κ3) is 4.86. The lowest BCUT2D eigenvalue weighted by atomic mass is 10.1. The molecule has 28 heavy (non-hydrogen) atoms. The maximum Gasteiger partial charge on any atom is 0.227 e. The number of nitrogens with two attached hydrogens (primary N) is 1. The van der Waals surface area contributed by atoms with Gasteiger partial charge >= 0.3 is 0 Å². The van der Waals surface area contributed by atoms with Crippen LogP contribution in [0.15, 0.2) is 12.1 Å². The van der Waals surface area contributed by atoms with Crippen LogP contribution in [0, 0.1) is 5.92 Å². The monoisotopic (exact) mass is 393 g/mol. The lowest BCUT2D eigenvalue weighted by molar-refractivity contribution is -0.126. The van der Waals surface area contributed by atoms with Gasteiger partial charge in [0, 0.05) is 37.7 Å². The summed E-state index contributed by atoms with van der Waals surface area (Å²) in [7, 11) is 4.56. The number of amides is 2. The van der Waals surface area contributed by atoms with Crippen LogP contribution >= 0.6 is 0 Å². The van der Waals surface area contributed by atoms with Crippen molar-refractivity contribution in [3.63, 3.8) is 0 Å². The lowest BCUT2D eigenvalue weighted by Crippen LogP contribution is -2.43. The molecule has 0 saturated carbocycles. The van der Waals surface area contributed by atoms with E-state index in [1.165, 1.54) is 21.3 Å². The molecule has 1 aliphatic rings. The van der Waals surface area contributed by atoms with E-state index in [2.05, 4.69) is 12.2 Å². The number of anilines is 1. The minimum atomic E-state index is -0.415. The summed E-state index contributed by atoms with van der Waals surface area (Å²) in [5, 5.41) is 2.99. The zero-order valence-corrected chi connectivity index (χ0v) is 17.1. The first-order chi connectivity index (χ1) is 13.5. The van der Waals surface area contributed by atoms with E-state index in [-0.39, 0.29) is 24.3 Å². The molecule has 1 fully saturated rings. The summed E-state index contributed by atoms with van der Waals surface area (Å²) < 4.78 is 16.0. The number of unbranched alkanes of at least 4 members (excludes halogenated alkanes) is 1. The summed E-state index contributed by atoms with van der Waals surface area (Å²) in [6.45, 7) is 2.79. The zero-order valence-electron chi connectivity index (χ0n) is 17.1. The number of benzene rings is 1. The fourth-order valence-electron chi connectivity index (χ4n) is 3.37. The average Bonchev–Trinajstić information content (AvgIpc) is 3.11. The Morgan fingerprint density at radius 3 is 2.39 bits per heavy atom. The molecule has 2 atom stereocenters. The van der Waals surface area contributed by atoms with Crippen LogP contribution < -0.4 is 30.2 Å². The van der Waals surface area contributed by atoms with Gasteiger partial charge in [-0.15, -0.1) is 0 Å². The number of nitrogens with zero attached hydrogens (tertiary/aromatic N) is 1. The minimum absolute atomic E-state index is 0.0576. The van der Waals surface area contributed by atoms with E-state index in [0.29, 0.717) is 36.0 Å². The number of hydrogen-bond donors (Lipinski definition) is 2. The molecule has 0 radical (unpaired) electrons. The van der Waals surface area contributed by atoms with Crippen molar-refractivity contribution in [3.05, 3.63) is 12.1 Å². The van der Waals surface area contributed by atoms with Crippen LogP contribution in [0.1, 0.15) is 32.6 Å². The van der Waals surface area contributed by atoms with Crippen molar-refractivity contribution in [2.45, 2.75) is 38.6 Å². The van der Waals surface area contributed by atoms with Crippen molar-refractivity contribution in [1.82, 2.24) is 5.32 Å². The van der Waals surface area contributed by atoms with Gasteiger partial charge in [-0.3, -0.25) is 9.59 Å². The Labute approximate surface area is 166 Å². The molecule has 1 heterocycles. The number of hydrogen-bond acceptors (Lipinski definition) is 6. The molecule has 2 amide bonds. The molecule has 156 valence electrons. The van der Waals surface area contributed by atoms with Crippen molar-refractivity contribution < 1.29 is 23.8 Å². The lowest BCUT2D eigenvalue weighted by Gasteiger charge is -2.21. The topological polar surface area (TPSA) is 103 Å². The maximum atomic E-state index is 12.6. The molecule has 2 rings (SSSR count). The second kappa shape index (κ2) is 10.2. The third-order valence-electron chi connectivity index (χ3n) is 4.99. The predicted molar refractivity (Wildman–Crippen MR) is 107 cm³/mol. The summed E-state index contributed by atoms with van der Waals surface area (Å²) in [5.74, 6) is 0.710. The SMILES string of the molecule is CCCCC(CN)NC(=O)C1CC(=O)N(c2cc(OC)c(OC)c(OC)c2)C1. The molecule has 1 aromatic rings. The van der Waals surface area contributed by atoms with Crippen LogP contribution in [0.3, 0.4) is 0 Å². The summed E-state index contributed by atoms with van der Waals surface area (Å²) in [6, 6.07) is 3.37. The average molecular weight is 393 g/mol. The molecular weight excluding hydrogens is 362 g/mol. The van der Waals surface area contributed by atoms with Gasteiger partial charge in [0.05, 0.1) is 32.9 Å². The maximum absolute atomic E-state index is 12.6. The van der Waals surface area contributed by atoms with Crippen LogP contribution in [-0.4, -0.2) is 52.3 Å². The van der Waals surface area contributed by atoms with Gasteiger partial charge in [-0.05, 0) is 6.42 Å². The Morgan fingerprint density at radius 1 is 1.25 bits per heavy atom. The van der Waals surface area contributed by atoms with Crippen molar-refractivity contribution >= 4 is 17.5 Å². The molecule has 8 nitrogen and oxygen atoms in total. The third-order valence-corrected chi connectivity index (χ3v) is 4.99. The Hall–Kier alpha value is -2.48. The van der Waals surface area contributed by atoms with Crippen molar-refractivity contribution in [2.24, 2.45) is 11.7 Å². The largest absolute Gasteiger partial charge is 0.493 e. The van der Waals surface area contributed by atoms with Gasteiger partial charge in [-0.2, -0.15) is 0 Å². The first-order valence-corrected chi connectivity index (χ1v) is 9.59. The van der Waals surface area contributed by atoms with E-state index >= 15 is 0 Å². The summed E-state index contributed by atoms with van der Waals surface area (Å²) in [5.41, 5.74) is 6.37. The minimum Gasteiger partial charge on any atom is -0.493 e. The molecule has 3 N–H and O–H groups in total. The molecule has 0 spiro atoms. The Bertz CT molecular complexity index is 669. The second-order valence-electron chi connectivity index (χ2n) is 6.87. The second-order valence-corrected chi connectivity index (χ2v) is 6.87. The highest BCUT2D eigenvalue weighted by molar-refractivity contribution is 6.00. The molecule has 2 unspecified atom stereocenters. The van der Waals surface area contributed by atoms with Crippen molar-refractivity contribution in [3.8, 4) is 17.2 Å². The first kappa shape index (κ1) is 21.8. The van der Waals surface area contributed by atoms with E-state index in [0.717, 1.165) is 19.3 Å². The molecule has 0 aliphatic carbocycles. The van der Waals surface area contributed by atoms with Crippen molar-refractivity contribution in [2.75, 3.05) is 39.3 Å². The molecule has 8 heteroatoms. The van der Waals surface area contributed by atoms with Crippen LogP contribution in [0.25, 0.3) is 0 Å². The Kier molecular flexibility index (Phi) is 7.92. The van der Waals surface area contributed by atoms with Gasteiger partial charge < -0.3 is 30.2 Å². The zero-order chi connectivity index (χ0) is 20.7. The smallest absolute Gasteiger partial charge is 0.227 e. The molecule has 1 aliphatic heterocycles. The van der Waals surface area contributed by atoms with Crippen LogP contribution in [0.5, 0.6) is 17.2 Å².